The van der Waals surface area contributed by atoms with Gasteiger partial charge in [-0.25, -0.2) is 5.43 Å². The minimum absolute atomic E-state index is 0.125. The van der Waals surface area contributed by atoms with Crippen LogP contribution >= 0.6 is 0 Å². The number of benzene rings is 1. The normalized spacial score (nSPS) is 11.1. The first-order valence-electron chi connectivity index (χ1n) is 6.03. The van der Waals surface area contributed by atoms with Gasteiger partial charge in [0.05, 0.1) is 12.1 Å². The number of hydrazone groups is 1. The SMILES string of the molecule is C/C(=N\NC(=O)Cc1ccccc1)c1ccncc1. The van der Waals surface area contributed by atoms with E-state index in [1.165, 1.54) is 0 Å². The molecule has 0 aliphatic carbocycles. The molecule has 4 nitrogen and oxygen atoms in total. The highest BCUT2D eigenvalue weighted by molar-refractivity contribution is 5.99. The second kappa shape index (κ2) is 6.44. The lowest BCUT2D eigenvalue weighted by Gasteiger charge is -2.03. The molecule has 0 bridgehead atoms. The molecule has 1 heterocycles. The third-order valence-electron chi connectivity index (χ3n) is 2.65. The Bertz CT molecular complexity index is 564. The molecule has 1 aromatic heterocycles. The molecule has 0 atom stereocenters. The summed E-state index contributed by atoms with van der Waals surface area (Å²) >= 11 is 0. The largest absolute Gasteiger partial charge is 0.273 e. The smallest absolute Gasteiger partial charge is 0.244 e. The van der Waals surface area contributed by atoms with E-state index in [0.29, 0.717) is 6.42 Å². The van der Waals surface area contributed by atoms with Gasteiger partial charge in [-0.05, 0) is 24.6 Å². The quantitative estimate of drug-likeness (QED) is 0.670. The first-order chi connectivity index (χ1) is 9.25. The van der Waals surface area contributed by atoms with Gasteiger partial charge in [0.2, 0.25) is 5.91 Å². The average Bonchev–Trinajstić information content (AvgIpc) is 2.47. The molecule has 0 fully saturated rings. The van der Waals surface area contributed by atoms with E-state index in [2.05, 4.69) is 15.5 Å². The lowest BCUT2D eigenvalue weighted by atomic mass is 10.1. The lowest BCUT2D eigenvalue weighted by Crippen LogP contribution is -2.21. The van der Waals surface area contributed by atoms with Crippen molar-refractivity contribution < 1.29 is 4.79 Å². The van der Waals surface area contributed by atoms with Gasteiger partial charge in [-0.1, -0.05) is 30.3 Å². The number of aromatic nitrogens is 1. The summed E-state index contributed by atoms with van der Waals surface area (Å²) in [6, 6.07) is 13.3. The monoisotopic (exact) mass is 253 g/mol. The van der Waals surface area contributed by atoms with Gasteiger partial charge in [0.25, 0.3) is 0 Å². The Labute approximate surface area is 112 Å². The number of carbonyl (C=O) groups excluding carboxylic acids is 1. The molecule has 0 saturated heterocycles. The van der Waals surface area contributed by atoms with E-state index in [1.54, 1.807) is 12.4 Å². The fourth-order valence-corrected chi connectivity index (χ4v) is 1.62. The maximum absolute atomic E-state index is 11.7. The number of pyridine rings is 1. The van der Waals surface area contributed by atoms with Gasteiger partial charge in [-0.2, -0.15) is 5.10 Å². The Hall–Kier alpha value is -2.49. The molecule has 19 heavy (non-hydrogen) atoms. The van der Waals surface area contributed by atoms with E-state index in [9.17, 15) is 4.79 Å². The maximum atomic E-state index is 11.7. The topological polar surface area (TPSA) is 54.4 Å². The molecule has 1 aromatic carbocycles. The Kier molecular flexibility index (Phi) is 4.39. The summed E-state index contributed by atoms with van der Waals surface area (Å²) < 4.78 is 0. The summed E-state index contributed by atoms with van der Waals surface area (Å²) in [5.41, 5.74) is 5.22. The summed E-state index contributed by atoms with van der Waals surface area (Å²) in [7, 11) is 0. The van der Waals surface area contributed by atoms with Gasteiger partial charge in [0.15, 0.2) is 0 Å². The van der Waals surface area contributed by atoms with Crippen molar-refractivity contribution in [2.24, 2.45) is 5.10 Å². The second-order valence-corrected chi connectivity index (χ2v) is 4.13. The fourth-order valence-electron chi connectivity index (χ4n) is 1.62. The van der Waals surface area contributed by atoms with E-state index in [4.69, 9.17) is 0 Å². The highest BCUT2D eigenvalue weighted by Crippen LogP contribution is 2.00. The van der Waals surface area contributed by atoms with Crippen LogP contribution in [-0.2, 0) is 11.2 Å². The van der Waals surface area contributed by atoms with Crippen LogP contribution in [0.2, 0.25) is 0 Å². The summed E-state index contributed by atoms with van der Waals surface area (Å²) in [5.74, 6) is -0.125. The minimum Gasteiger partial charge on any atom is -0.273 e. The number of amides is 1. The lowest BCUT2D eigenvalue weighted by molar-refractivity contribution is -0.120. The van der Waals surface area contributed by atoms with Crippen LogP contribution in [0.4, 0.5) is 0 Å². The molecule has 0 radical (unpaired) electrons. The van der Waals surface area contributed by atoms with Crippen molar-refractivity contribution >= 4 is 11.6 Å². The molecule has 2 aromatic rings. The molecular formula is C15H15N3O. The molecule has 0 spiro atoms. The molecular weight excluding hydrogens is 238 g/mol. The van der Waals surface area contributed by atoms with Gasteiger partial charge < -0.3 is 0 Å². The second-order valence-electron chi connectivity index (χ2n) is 4.13. The van der Waals surface area contributed by atoms with Crippen LogP contribution in [0, 0.1) is 0 Å². The molecule has 1 N–H and O–H groups in total. The van der Waals surface area contributed by atoms with Crippen LogP contribution in [0.1, 0.15) is 18.1 Å². The van der Waals surface area contributed by atoms with Gasteiger partial charge in [-0.15, -0.1) is 0 Å². The molecule has 0 unspecified atom stereocenters. The Morgan fingerprint density at radius 3 is 2.53 bits per heavy atom. The van der Waals surface area contributed by atoms with Gasteiger partial charge in [-0.3, -0.25) is 9.78 Å². The zero-order chi connectivity index (χ0) is 13.5. The minimum atomic E-state index is -0.125. The number of nitrogens with one attached hydrogen (secondary N) is 1. The molecule has 0 saturated carbocycles. The van der Waals surface area contributed by atoms with Crippen molar-refractivity contribution in [2.45, 2.75) is 13.3 Å². The van der Waals surface area contributed by atoms with Crippen LogP contribution in [0.25, 0.3) is 0 Å². The van der Waals surface area contributed by atoms with Gasteiger partial charge >= 0.3 is 0 Å². The van der Waals surface area contributed by atoms with Gasteiger partial charge in [0.1, 0.15) is 0 Å². The van der Waals surface area contributed by atoms with E-state index in [0.717, 1.165) is 16.8 Å². The average molecular weight is 253 g/mol. The van der Waals surface area contributed by atoms with Crippen molar-refractivity contribution in [1.82, 2.24) is 10.4 Å². The van der Waals surface area contributed by atoms with Crippen molar-refractivity contribution in [3.8, 4) is 0 Å². The molecule has 0 aliphatic rings. The zero-order valence-corrected chi connectivity index (χ0v) is 10.7. The van der Waals surface area contributed by atoms with Crippen LogP contribution in [0.5, 0.6) is 0 Å². The van der Waals surface area contributed by atoms with Crippen LogP contribution in [0.3, 0.4) is 0 Å². The number of carbonyl (C=O) groups is 1. The number of hydrogen-bond donors (Lipinski definition) is 1. The highest BCUT2D eigenvalue weighted by Gasteiger charge is 2.02. The van der Waals surface area contributed by atoms with Crippen LogP contribution in [0.15, 0.2) is 60.0 Å². The first-order valence-corrected chi connectivity index (χ1v) is 6.03. The number of nitrogens with zero attached hydrogens (tertiary/aromatic N) is 2. The fraction of sp³-hybridized carbons (Fsp3) is 0.133. The maximum Gasteiger partial charge on any atom is 0.244 e. The third-order valence-corrected chi connectivity index (χ3v) is 2.65. The van der Waals surface area contributed by atoms with E-state index < -0.39 is 0 Å². The van der Waals surface area contributed by atoms with Crippen LogP contribution < -0.4 is 5.43 Å². The molecule has 1 amide bonds. The van der Waals surface area contributed by atoms with Crippen molar-refractivity contribution in [2.75, 3.05) is 0 Å². The van der Waals surface area contributed by atoms with E-state index in [-0.39, 0.29) is 5.91 Å². The Morgan fingerprint density at radius 2 is 1.84 bits per heavy atom. The van der Waals surface area contributed by atoms with E-state index >= 15 is 0 Å². The molecule has 2 rings (SSSR count). The predicted octanol–water partition coefficient (Wildman–Crippen LogP) is 2.16. The van der Waals surface area contributed by atoms with Gasteiger partial charge in [0, 0.05) is 18.0 Å². The predicted molar refractivity (Wildman–Crippen MR) is 74.7 cm³/mol. The van der Waals surface area contributed by atoms with Crippen molar-refractivity contribution in [3.05, 3.63) is 66.0 Å². The molecule has 96 valence electrons. The molecule has 0 aliphatic heterocycles. The Morgan fingerprint density at radius 1 is 1.16 bits per heavy atom. The summed E-state index contributed by atoms with van der Waals surface area (Å²) in [5, 5.41) is 4.08. The zero-order valence-electron chi connectivity index (χ0n) is 10.7. The number of hydrogen-bond acceptors (Lipinski definition) is 3. The van der Waals surface area contributed by atoms with Crippen molar-refractivity contribution in [1.29, 1.82) is 0 Å². The standard InChI is InChI=1S/C15H15N3O/c1-12(14-7-9-16-10-8-14)17-18-15(19)11-13-5-3-2-4-6-13/h2-10H,11H2,1H3,(H,18,19)/b17-12+. The highest BCUT2D eigenvalue weighted by atomic mass is 16.2. The van der Waals surface area contributed by atoms with Crippen molar-refractivity contribution in [3.63, 3.8) is 0 Å². The van der Waals surface area contributed by atoms with E-state index in [1.807, 2.05) is 49.4 Å². The first kappa shape index (κ1) is 13.0. The number of rotatable bonds is 4. The van der Waals surface area contributed by atoms with Crippen LogP contribution in [-0.4, -0.2) is 16.6 Å². The summed E-state index contributed by atoms with van der Waals surface area (Å²) in [4.78, 5) is 15.7. The molecule has 4 heteroatoms. The summed E-state index contributed by atoms with van der Waals surface area (Å²) in [6.45, 7) is 1.85. The Balaban J connectivity index is 1.93. The third kappa shape index (κ3) is 4.03. The summed E-state index contributed by atoms with van der Waals surface area (Å²) in [6.07, 6.45) is 3.72.